The summed E-state index contributed by atoms with van der Waals surface area (Å²) in [6.07, 6.45) is 6.27. The molecule has 2 aromatic heterocycles. The van der Waals surface area contributed by atoms with Crippen LogP contribution in [-0.2, 0) is 11.3 Å². The van der Waals surface area contributed by atoms with Crippen LogP contribution in [0.15, 0.2) is 91.5 Å². The maximum absolute atomic E-state index is 13.8. The molecule has 2 amide bonds. The molecule has 1 atom stereocenters. The predicted molar refractivity (Wildman–Crippen MR) is 117 cm³/mol. The Morgan fingerprint density at radius 2 is 1.62 bits per heavy atom. The minimum atomic E-state index is -0.611. The Balaban J connectivity index is 1.43. The Hall–Kier alpha value is -4.33. The van der Waals surface area contributed by atoms with Gasteiger partial charge in [-0.2, -0.15) is 5.10 Å². The summed E-state index contributed by atoms with van der Waals surface area (Å²) in [4.78, 5) is 29.0. The van der Waals surface area contributed by atoms with Gasteiger partial charge < -0.3 is 10.6 Å². The number of amides is 2. The number of nitrogens with zero attached hydrogens (tertiary/aromatic N) is 3. The molecule has 32 heavy (non-hydrogen) atoms. The van der Waals surface area contributed by atoms with Gasteiger partial charge in [-0.25, -0.2) is 4.39 Å². The lowest BCUT2D eigenvalue weighted by Gasteiger charge is -2.19. The van der Waals surface area contributed by atoms with E-state index in [1.165, 1.54) is 35.3 Å². The number of hydrogen-bond donors (Lipinski definition) is 2. The van der Waals surface area contributed by atoms with Crippen molar-refractivity contribution in [1.82, 2.24) is 20.1 Å². The first-order valence-electron chi connectivity index (χ1n) is 9.93. The normalized spacial score (nSPS) is 11.5. The molecule has 0 saturated heterocycles. The first-order valence-corrected chi connectivity index (χ1v) is 9.93. The Kier molecular flexibility index (Phi) is 6.31. The summed E-state index contributed by atoms with van der Waals surface area (Å²) in [6.45, 7) is -0.0516. The molecule has 8 heteroatoms. The second-order valence-electron chi connectivity index (χ2n) is 7.05. The number of carbonyl (C=O) groups is 2. The molecule has 0 aliphatic heterocycles. The first-order chi connectivity index (χ1) is 15.6. The molecule has 0 aliphatic carbocycles. The Labute approximate surface area is 183 Å². The van der Waals surface area contributed by atoms with Crippen molar-refractivity contribution >= 4 is 17.5 Å². The Bertz CT molecular complexity index is 1170. The summed E-state index contributed by atoms with van der Waals surface area (Å²) in [5, 5.41) is 9.72. The minimum absolute atomic E-state index is 0.0516. The average molecular weight is 429 g/mol. The largest absolute Gasteiger partial charge is 0.344 e. The molecular formula is C24H20FN5O2. The summed E-state index contributed by atoms with van der Waals surface area (Å²) >= 11 is 0. The molecule has 0 spiro atoms. The van der Waals surface area contributed by atoms with Gasteiger partial charge in [-0.1, -0.05) is 42.5 Å². The molecule has 0 radical (unpaired) electrons. The maximum Gasteiger partial charge on any atom is 0.258 e. The van der Waals surface area contributed by atoms with Crippen molar-refractivity contribution in [2.45, 2.75) is 12.6 Å². The van der Waals surface area contributed by atoms with Crippen molar-refractivity contribution in [2.75, 3.05) is 5.32 Å². The summed E-state index contributed by atoms with van der Waals surface area (Å²) < 4.78 is 15.2. The minimum Gasteiger partial charge on any atom is -0.344 e. The predicted octanol–water partition coefficient (Wildman–Crippen LogP) is 3.58. The maximum atomic E-state index is 13.8. The molecule has 160 valence electrons. The van der Waals surface area contributed by atoms with E-state index in [2.05, 4.69) is 20.7 Å². The van der Waals surface area contributed by atoms with E-state index in [0.717, 1.165) is 11.1 Å². The van der Waals surface area contributed by atoms with Gasteiger partial charge in [0.25, 0.3) is 5.91 Å². The first kappa shape index (κ1) is 20.9. The van der Waals surface area contributed by atoms with Crippen LogP contribution in [-0.4, -0.2) is 26.6 Å². The van der Waals surface area contributed by atoms with Crippen molar-refractivity contribution in [2.24, 2.45) is 0 Å². The number of anilines is 1. The number of pyridine rings is 1. The third kappa shape index (κ3) is 5.04. The standard InChI is InChI=1S/C24H20FN5O2/c25-21-9-5-4-8-20(21)24(32)28-19-14-27-30(15-19)16-22(31)29-23(17-6-2-1-3-7-17)18-10-12-26-13-11-18/h1-15,23H,16H2,(H,28,32)(H,29,31)/t23-/m0/s1. The van der Waals surface area contributed by atoms with E-state index in [0.29, 0.717) is 5.69 Å². The molecule has 4 rings (SSSR count). The molecule has 0 bridgehead atoms. The molecule has 0 unspecified atom stereocenters. The molecule has 2 heterocycles. The van der Waals surface area contributed by atoms with Crippen LogP contribution in [0.2, 0.25) is 0 Å². The van der Waals surface area contributed by atoms with E-state index >= 15 is 0 Å². The highest BCUT2D eigenvalue weighted by molar-refractivity contribution is 6.04. The molecule has 2 N–H and O–H groups in total. The zero-order chi connectivity index (χ0) is 22.3. The van der Waals surface area contributed by atoms with Gasteiger partial charge >= 0.3 is 0 Å². The van der Waals surface area contributed by atoms with Gasteiger partial charge in [-0.05, 0) is 35.4 Å². The highest BCUT2D eigenvalue weighted by atomic mass is 19.1. The van der Waals surface area contributed by atoms with E-state index in [-0.39, 0.29) is 24.1 Å². The fourth-order valence-corrected chi connectivity index (χ4v) is 3.27. The van der Waals surface area contributed by atoms with E-state index in [1.807, 2.05) is 42.5 Å². The quantitative estimate of drug-likeness (QED) is 0.470. The third-order valence-electron chi connectivity index (χ3n) is 4.79. The van der Waals surface area contributed by atoms with Gasteiger partial charge in [-0.3, -0.25) is 19.3 Å². The molecule has 0 saturated carbocycles. The summed E-state index contributed by atoms with van der Waals surface area (Å²) in [6, 6.07) is 18.7. The van der Waals surface area contributed by atoms with Gasteiger partial charge in [0.15, 0.2) is 0 Å². The molecular weight excluding hydrogens is 409 g/mol. The van der Waals surface area contributed by atoms with Crippen molar-refractivity contribution < 1.29 is 14.0 Å². The lowest BCUT2D eigenvalue weighted by Crippen LogP contribution is -2.32. The van der Waals surface area contributed by atoms with E-state index in [9.17, 15) is 14.0 Å². The lowest BCUT2D eigenvalue weighted by molar-refractivity contribution is -0.122. The van der Waals surface area contributed by atoms with E-state index in [1.54, 1.807) is 18.5 Å². The number of halogens is 1. The Morgan fingerprint density at radius 1 is 0.938 bits per heavy atom. The van der Waals surface area contributed by atoms with Crippen LogP contribution in [0.25, 0.3) is 0 Å². The fraction of sp³-hybridized carbons (Fsp3) is 0.0833. The molecule has 4 aromatic rings. The number of aromatic nitrogens is 3. The second-order valence-corrected chi connectivity index (χ2v) is 7.05. The van der Waals surface area contributed by atoms with Gasteiger partial charge in [0.05, 0.1) is 23.5 Å². The van der Waals surface area contributed by atoms with Crippen molar-refractivity contribution in [1.29, 1.82) is 0 Å². The number of hydrogen-bond acceptors (Lipinski definition) is 4. The number of nitrogens with one attached hydrogen (secondary N) is 2. The summed E-state index contributed by atoms with van der Waals surface area (Å²) in [5.41, 5.74) is 2.13. The van der Waals surface area contributed by atoms with E-state index < -0.39 is 11.7 Å². The molecule has 2 aromatic carbocycles. The van der Waals surface area contributed by atoms with Gasteiger partial charge in [-0.15, -0.1) is 0 Å². The molecule has 0 aliphatic rings. The SMILES string of the molecule is O=C(Cn1cc(NC(=O)c2ccccc2F)cn1)N[C@@H](c1ccccc1)c1ccncc1. The van der Waals surface area contributed by atoms with Crippen LogP contribution in [0.5, 0.6) is 0 Å². The Morgan fingerprint density at radius 3 is 2.38 bits per heavy atom. The van der Waals surface area contributed by atoms with Gasteiger partial charge in [0, 0.05) is 18.6 Å². The van der Waals surface area contributed by atoms with Crippen LogP contribution in [0.1, 0.15) is 27.5 Å². The number of carbonyl (C=O) groups excluding carboxylic acids is 2. The number of rotatable bonds is 7. The molecule has 0 fully saturated rings. The van der Waals surface area contributed by atoms with Crippen LogP contribution in [0.4, 0.5) is 10.1 Å². The lowest BCUT2D eigenvalue weighted by atomic mass is 10.00. The van der Waals surface area contributed by atoms with Gasteiger partial charge in [0.2, 0.25) is 5.91 Å². The van der Waals surface area contributed by atoms with Crippen molar-refractivity contribution in [3.05, 3.63) is 114 Å². The zero-order valence-corrected chi connectivity index (χ0v) is 17.0. The van der Waals surface area contributed by atoms with E-state index in [4.69, 9.17) is 0 Å². The number of benzene rings is 2. The van der Waals surface area contributed by atoms with Gasteiger partial charge in [0.1, 0.15) is 12.4 Å². The second kappa shape index (κ2) is 9.65. The zero-order valence-electron chi connectivity index (χ0n) is 17.0. The fourth-order valence-electron chi connectivity index (χ4n) is 3.27. The highest BCUT2D eigenvalue weighted by Crippen LogP contribution is 2.21. The van der Waals surface area contributed by atoms with Crippen molar-refractivity contribution in [3.8, 4) is 0 Å². The van der Waals surface area contributed by atoms with Crippen LogP contribution < -0.4 is 10.6 Å². The topological polar surface area (TPSA) is 88.9 Å². The molecule has 7 nitrogen and oxygen atoms in total. The van der Waals surface area contributed by atoms with Crippen LogP contribution in [0.3, 0.4) is 0 Å². The summed E-state index contributed by atoms with van der Waals surface area (Å²) in [7, 11) is 0. The van der Waals surface area contributed by atoms with Crippen LogP contribution >= 0.6 is 0 Å². The van der Waals surface area contributed by atoms with Crippen molar-refractivity contribution in [3.63, 3.8) is 0 Å². The van der Waals surface area contributed by atoms with Crippen LogP contribution in [0, 0.1) is 5.82 Å². The monoisotopic (exact) mass is 429 g/mol. The average Bonchev–Trinajstić information content (AvgIpc) is 3.25. The third-order valence-corrected chi connectivity index (χ3v) is 4.79. The smallest absolute Gasteiger partial charge is 0.258 e. The summed E-state index contributed by atoms with van der Waals surface area (Å²) in [5.74, 6) is -1.46. The highest BCUT2D eigenvalue weighted by Gasteiger charge is 2.18.